The SMILES string of the molecule is CC1CCC(N=C(C(C=N)C(=O)N(CC(=O)c2c(Cl)cc(F)cc2Cl)CC2CC3(CC3)C2)C(F)(F)F)CC1. The molecule has 38 heavy (non-hydrogen) atoms. The molecule has 1 amide bonds. The first-order valence-corrected chi connectivity index (χ1v) is 13.7. The smallest absolute Gasteiger partial charge is 0.334 e. The lowest BCUT2D eigenvalue weighted by molar-refractivity contribution is -0.133. The minimum atomic E-state index is -4.92. The maximum atomic E-state index is 14.2. The van der Waals surface area contributed by atoms with Gasteiger partial charge in [-0.05, 0) is 80.8 Å². The van der Waals surface area contributed by atoms with Crippen LogP contribution in [0.5, 0.6) is 0 Å². The third-order valence-electron chi connectivity index (χ3n) is 8.14. The number of alkyl halides is 3. The third-order valence-corrected chi connectivity index (χ3v) is 8.73. The predicted molar refractivity (Wildman–Crippen MR) is 139 cm³/mol. The van der Waals surface area contributed by atoms with Gasteiger partial charge in [0.2, 0.25) is 5.91 Å². The second-order valence-electron chi connectivity index (χ2n) is 11.2. The maximum Gasteiger partial charge on any atom is 0.430 e. The number of hydrogen-bond donors (Lipinski definition) is 1. The fourth-order valence-corrected chi connectivity index (χ4v) is 6.52. The van der Waals surface area contributed by atoms with Crippen molar-refractivity contribution in [2.75, 3.05) is 13.1 Å². The van der Waals surface area contributed by atoms with Gasteiger partial charge in [-0.3, -0.25) is 14.6 Å². The highest BCUT2D eigenvalue weighted by atomic mass is 35.5. The summed E-state index contributed by atoms with van der Waals surface area (Å²) in [5.74, 6) is -4.02. The molecule has 3 aliphatic carbocycles. The summed E-state index contributed by atoms with van der Waals surface area (Å²) in [6.07, 6.45) is 1.82. The third kappa shape index (κ3) is 6.58. The van der Waals surface area contributed by atoms with Crippen LogP contribution in [0.25, 0.3) is 0 Å². The summed E-state index contributed by atoms with van der Waals surface area (Å²) in [6.45, 7) is 1.51. The summed E-state index contributed by atoms with van der Waals surface area (Å²) in [7, 11) is 0. The number of carbonyl (C=O) groups is 2. The van der Waals surface area contributed by atoms with Gasteiger partial charge in [-0.1, -0.05) is 30.1 Å². The van der Waals surface area contributed by atoms with Gasteiger partial charge in [-0.15, -0.1) is 0 Å². The lowest BCUT2D eigenvalue weighted by atomic mass is 9.71. The zero-order valence-corrected chi connectivity index (χ0v) is 22.6. The van der Waals surface area contributed by atoms with Crippen LogP contribution in [0.3, 0.4) is 0 Å². The Hall–Kier alpha value is -2.00. The Morgan fingerprint density at radius 1 is 1.16 bits per heavy atom. The van der Waals surface area contributed by atoms with Gasteiger partial charge < -0.3 is 10.3 Å². The summed E-state index contributed by atoms with van der Waals surface area (Å²) in [4.78, 5) is 31.8. The first-order valence-electron chi connectivity index (χ1n) is 12.9. The molecule has 0 saturated heterocycles. The zero-order valence-electron chi connectivity index (χ0n) is 21.1. The number of rotatable bonds is 9. The number of nitrogens with one attached hydrogen (secondary N) is 1. The molecule has 0 bridgehead atoms. The van der Waals surface area contributed by atoms with Crippen molar-refractivity contribution in [2.24, 2.45) is 28.2 Å². The second-order valence-corrected chi connectivity index (χ2v) is 12.0. The number of amides is 1. The van der Waals surface area contributed by atoms with Crippen molar-refractivity contribution in [1.29, 1.82) is 5.41 Å². The monoisotopic (exact) mass is 575 g/mol. The van der Waals surface area contributed by atoms with E-state index in [9.17, 15) is 27.2 Å². The molecule has 1 atom stereocenters. The molecular weight excluding hydrogens is 545 g/mol. The lowest BCUT2D eigenvalue weighted by Crippen LogP contribution is -2.49. The molecule has 11 heteroatoms. The van der Waals surface area contributed by atoms with E-state index in [0.29, 0.717) is 25.0 Å². The highest BCUT2D eigenvalue weighted by Gasteiger charge is 2.53. The highest BCUT2D eigenvalue weighted by molar-refractivity contribution is 6.40. The molecule has 0 aliphatic heterocycles. The first kappa shape index (κ1) is 29.0. The van der Waals surface area contributed by atoms with E-state index in [1.165, 1.54) is 0 Å². The van der Waals surface area contributed by atoms with Crippen LogP contribution >= 0.6 is 23.2 Å². The van der Waals surface area contributed by atoms with Crippen LogP contribution in [0.2, 0.25) is 10.0 Å². The Labute approximate surface area is 229 Å². The van der Waals surface area contributed by atoms with Gasteiger partial charge in [0.05, 0.1) is 28.2 Å². The van der Waals surface area contributed by atoms with Gasteiger partial charge in [-0.2, -0.15) is 13.2 Å². The maximum absolute atomic E-state index is 14.2. The second kappa shape index (κ2) is 11.2. The fourth-order valence-electron chi connectivity index (χ4n) is 5.85. The van der Waals surface area contributed by atoms with Gasteiger partial charge in [0.15, 0.2) is 5.78 Å². The Balaban J connectivity index is 1.61. The minimum absolute atomic E-state index is 0.0332. The van der Waals surface area contributed by atoms with E-state index in [2.05, 4.69) is 4.99 Å². The van der Waals surface area contributed by atoms with E-state index < -0.39 is 47.9 Å². The molecule has 208 valence electrons. The summed E-state index contributed by atoms with van der Waals surface area (Å²) >= 11 is 12.1. The molecule has 1 unspecified atom stereocenters. The quantitative estimate of drug-likeness (QED) is 0.192. The highest BCUT2D eigenvalue weighted by Crippen LogP contribution is 2.63. The number of hydrogen-bond acceptors (Lipinski definition) is 4. The summed E-state index contributed by atoms with van der Waals surface area (Å²) < 4.78 is 56.2. The molecule has 0 aromatic heterocycles. The number of aliphatic imine (C=N–C) groups is 1. The van der Waals surface area contributed by atoms with Gasteiger partial charge in [0.1, 0.15) is 17.4 Å². The molecule has 1 spiro atoms. The zero-order chi connectivity index (χ0) is 27.8. The van der Waals surface area contributed by atoms with Gasteiger partial charge in [0, 0.05) is 12.8 Å². The van der Waals surface area contributed by atoms with Crippen LogP contribution in [-0.4, -0.2) is 53.8 Å². The standard InChI is InChI=1S/C27H31Cl2F4N3O2/c1-15-2-4-18(5-3-15)35-24(27(31,32)33)19(12-34)25(38)36(13-16-10-26(11-16)6-7-26)14-22(37)23-20(28)8-17(30)9-21(23)29/h8-9,12,15-16,18-19,34H,2-7,10-11,13-14H2,1H3. The molecule has 4 rings (SSSR count). The van der Waals surface area contributed by atoms with Crippen molar-refractivity contribution >= 4 is 46.8 Å². The molecule has 0 heterocycles. The van der Waals surface area contributed by atoms with Crippen molar-refractivity contribution in [3.63, 3.8) is 0 Å². The first-order chi connectivity index (χ1) is 17.8. The topological polar surface area (TPSA) is 73.6 Å². The minimum Gasteiger partial charge on any atom is -0.334 e. The van der Waals surface area contributed by atoms with Crippen LogP contribution < -0.4 is 0 Å². The van der Waals surface area contributed by atoms with Crippen molar-refractivity contribution in [2.45, 2.75) is 70.5 Å². The average molecular weight is 576 g/mol. The largest absolute Gasteiger partial charge is 0.430 e. The number of halogens is 6. The number of benzene rings is 1. The molecule has 0 radical (unpaired) electrons. The molecule has 5 nitrogen and oxygen atoms in total. The summed E-state index contributed by atoms with van der Waals surface area (Å²) in [6, 6.07) is 1.25. The van der Waals surface area contributed by atoms with Crippen molar-refractivity contribution in [3.8, 4) is 0 Å². The Kier molecular flexibility index (Phi) is 8.58. The Bertz CT molecular complexity index is 1100. The van der Waals surface area contributed by atoms with Crippen molar-refractivity contribution in [3.05, 3.63) is 33.6 Å². The van der Waals surface area contributed by atoms with Crippen molar-refractivity contribution < 1.29 is 27.2 Å². The normalized spacial score (nSPS) is 24.0. The van der Waals surface area contributed by atoms with Crippen LogP contribution in [0.15, 0.2) is 17.1 Å². The van der Waals surface area contributed by atoms with Gasteiger partial charge in [-0.25, -0.2) is 4.39 Å². The van der Waals surface area contributed by atoms with Gasteiger partial charge in [0.25, 0.3) is 0 Å². The van der Waals surface area contributed by atoms with Crippen LogP contribution in [0.1, 0.15) is 68.6 Å². The van der Waals surface area contributed by atoms with E-state index in [4.69, 9.17) is 28.6 Å². The Morgan fingerprint density at radius 2 is 1.74 bits per heavy atom. The predicted octanol–water partition coefficient (Wildman–Crippen LogP) is 7.18. The number of carbonyl (C=O) groups excluding carboxylic acids is 2. The molecule has 3 saturated carbocycles. The molecule has 1 aromatic rings. The molecule has 1 aromatic carbocycles. The number of ketones is 1. The molecule has 3 aliphatic rings. The molecular formula is C27H31Cl2F4N3O2. The molecule has 3 fully saturated rings. The summed E-state index contributed by atoms with van der Waals surface area (Å²) in [5.41, 5.74) is -1.24. The van der Waals surface area contributed by atoms with Crippen LogP contribution in [0, 0.1) is 34.4 Å². The Morgan fingerprint density at radius 3 is 2.24 bits per heavy atom. The van der Waals surface area contributed by atoms with E-state index in [-0.39, 0.29) is 33.5 Å². The van der Waals surface area contributed by atoms with Crippen LogP contribution in [-0.2, 0) is 4.79 Å². The fraction of sp³-hybridized carbons (Fsp3) is 0.630. The molecule has 1 N–H and O–H groups in total. The lowest BCUT2D eigenvalue weighted by Gasteiger charge is -2.39. The number of nitrogens with zero attached hydrogens (tertiary/aromatic N) is 2. The summed E-state index contributed by atoms with van der Waals surface area (Å²) in [5, 5.41) is 7.28. The average Bonchev–Trinajstić information content (AvgIpc) is 3.59. The van der Waals surface area contributed by atoms with E-state index >= 15 is 0 Å². The van der Waals surface area contributed by atoms with Crippen LogP contribution in [0.4, 0.5) is 17.6 Å². The van der Waals surface area contributed by atoms with Gasteiger partial charge >= 0.3 is 6.18 Å². The van der Waals surface area contributed by atoms with E-state index in [0.717, 1.165) is 55.6 Å². The van der Waals surface area contributed by atoms with Crippen molar-refractivity contribution in [1.82, 2.24) is 4.90 Å². The van der Waals surface area contributed by atoms with E-state index in [1.54, 1.807) is 0 Å². The number of Topliss-reactive ketones (excluding diaryl/α,β-unsaturated/α-hetero) is 1. The van der Waals surface area contributed by atoms with E-state index in [1.807, 2.05) is 6.92 Å².